The van der Waals surface area contributed by atoms with Gasteiger partial charge in [0.25, 0.3) is 0 Å². The van der Waals surface area contributed by atoms with Crippen molar-refractivity contribution in [1.29, 1.82) is 0 Å². The van der Waals surface area contributed by atoms with Crippen molar-refractivity contribution >= 4 is 27.7 Å². The summed E-state index contributed by atoms with van der Waals surface area (Å²) < 4.78 is 32.2. The van der Waals surface area contributed by atoms with Crippen LogP contribution in [-0.4, -0.2) is 57.5 Å². The Hall–Kier alpha value is -1.64. The van der Waals surface area contributed by atoms with Gasteiger partial charge in [0, 0.05) is 6.92 Å². The highest BCUT2D eigenvalue weighted by molar-refractivity contribution is 7.92. The van der Waals surface area contributed by atoms with Gasteiger partial charge in [-0.05, 0) is 6.92 Å². The SMILES string of the molecule is CCOC(=O)CS(=O)(=O)CC(NC(C)=O)C(=O)OC. The van der Waals surface area contributed by atoms with Crippen LogP contribution in [0.3, 0.4) is 0 Å². The molecule has 1 amide bonds. The first kappa shape index (κ1) is 17.4. The van der Waals surface area contributed by atoms with Gasteiger partial charge < -0.3 is 14.8 Å². The number of esters is 2. The molecule has 0 saturated carbocycles. The van der Waals surface area contributed by atoms with E-state index in [9.17, 15) is 22.8 Å². The van der Waals surface area contributed by atoms with Crippen molar-refractivity contribution in [2.75, 3.05) is 25.2 Å². The predicted molar refractivity (Wildman–Crippen MR) is 64.9 cm³/mol. The third kappa shape index (κ3) is 7.39. The average Bonchev–Trinajstić information content (AvgIpc) is 2.25. The molecule has 0 spiro atoms. The maximum absolute atomic E-state index is 11.7. The number of hydrogen-bond donors (Lipinski definition) is 1. The van der Waals surface area contributed by atoms with E-state index in [0.29, 0.717) is 0 Å². The Balaban J connectivity index is 4.77. The lowest BCUT2D eigenvalue weighted by Crippen LogP contribution is -2.46. The summed E-state index contributed by atoms with van der Waals surface area (Å²) in [5.41, 5.74) is 0. The molecule has 0 saturated heterocycles. The van der Waals surface area contributed by atoms with Crippen molar-refractivity contribution in [3.05, 3.63) is 0 Å². The highest BCUT2D eigenvalue weighted by Gasteiger charge is 2.29. The van der Waals surface area contributed by atoms with Gasteiger partial charge in [0.05, 0.1) is 19.5 Å². The maximum atomic E-state index is 11.7. The smallest absolute Gasteiger partial charge is 0.329 e. The Kier molecular flexibility index (Phi) is 7.05. The van der Waals surface area contributed by atoms with E-state index >= 15 is 0 Å². The molecule has 0 radical (unpaired) electrons. The molecule has 0 heterocycles. The number of carbonyl (C=O) groups is 3. The van der Waals surface area contributed by atoms with Gasteiger partial charge in [0.1, 0.15) is 11.8 Å². The van der Waals surface area contributed by atoms with Crippen LogP contribution < -0.4 is 5.32 Å². The van der Waals surface area contributed by atoms with E-state index in [-0.39, 0.29) is 6.61 Å². The first-order chi connectivity index (χ1) is 8.71. The quantitative estimate of drug-likeness (QED) is 0.577. The molecule has 0 fully saturated rings. The number of rotatable bonds is 7. The van der Waals surface area contributed by atoms with Crippen LogP contribution in [0.5, 0.6) is 0 Å². The number of sulfone groups is 1. The van der Waals surface area contributed by atoms with Gasteiger partial charge in [0.15, 0.2) is 9.84 Å². The summed E-state index contributed by atoms with van der Waals surface area (Å²) >= 11 is 0. The van der Waals surface area contributed by atoms with Crippen LogP contribution in [0.2, 0.25) is 0 Å². The lowest BCUT2D eigenvalue weighted by Gasteiger charge is -2.15. The Morgan fingerprint density at radius 2 is 1.84 bits per heavy atom. The van der Waals surface area contributed by atoms with Crippen molar-refractivity contribution in [2.24, 2.45) is 0 Å². The minimum absolute atomic E-state index is 0.0560. The molecular weight excluding hydrogens is 278 g/mol. The van der Waals surface area contributed by atoms with Crippen LogP contribution in [0.25, 0.3) is 0 Å². The number of carbonyl (C=O) groups excluding carboxylic acids is 3. The molecule has 0 aliphatic carbocycles. The summed E-state index contributed by atoms with van der Waals surface area (Å²) in [4.78, 5) is 33.3. The monoisotopic (exact) mass is 295 g/mol. The second kappa shape index (κ2) is 7.72. The van der Waals surface area contributed by atoms with Crippen molar-refractivity contribution in [1.82, 2.24) is 5.32 Å². The van der Waals surface area contributed by atoms with Gasteiger partial charge in [-0.1, -0.05) is 0 Å². The molecular formula is C10H17NO7S. The summed E-state index contributed by atoms with van der Waals surface area (Å²) in [7, 11) is -2.83. The van der Waals surface area contributed by atoms with Crippen molar-refractivity contribution in [3.63, 3.8) is 0 Å². The van der Waals surface area contributed by atoms with Gasteiger partial charge in [-0.3, -0.25) is 9.59 Å². The Labute approximate surface area is 111 Å². The van der Waals surface area contributed by atoms with Crippen LogP contribution in [0, 0.1) is 0 Å². The van der Waals surface area contributed by atoms with E-state index < -0.39 is 45.2 Å². The minimum atomic E-state index is -3.89. The topological polar surface area (TPSA) is 116 Å². The second-order valence-corrected chi connectivity index (χ2v) is 5.75. The molecule has 0 bridgehead atoms. The van der Waals surface area contributed by atoms with Gasteiger partial charge >= 0.3 is 11.9 Å². The largest absolute Gasteiger partial charge is 0.467 e. The van der Waals surface area contributed by atoms with Gasteiger partial charge in [-0.15, -0.1) is 0 Å². The molecule has 9 heteroatoms. The van der Waals surface area contributed by atoms with Crippen LogP contribution in [-0.2, 0) is 33.7 Å². The van der Waals surface area contributed by atoms with E-state index in [1.807, 2.05) is 0 Å². The van der Waals surface area contributed by atoms with Crippen LogP contribution in [0.1, 0.15) is 13.8 Å². The summed E-state index contributed by atoms with van der Waals surface area (Å²) in [6.45, 7) is 2.73. The number of nitrogens with one attached hydrogen (secondary N) is 1. The third-order valence-corrected chi connectivity index (χ3v) is 3.44. The molecule has 0 aromatic rings. The van der Waals surface area contributed by atoms with E-state index in [2.05, 4.69) is 14.8 Å². The van der Waals surface area contributed by atoms with Gasteiger partial charge in [-0.2, -0.15) is 0 Å². The normalized spacial score (nSPS) is 12.4. The first-order valence-electron chi connectivity index (χ1n) is 5.42. The zero-order chi connectivity index (χ0) is 15.1. The molecule has 0 aromatic heterocycles. The van der Waals surface area contributed by atoms with E-state index in [1.54, 1.807) is 6.92 Å². The van der Waals surface area contributed by atoms with Crippen LogP contribution in [0.15, 0.2) is 0 Å². The summed E-state index contributed by atoms with van der Waals surface area (Å²) in [6.07, 6.45) is 0. The third-order valence-electron chi connectivity index (χ3n) is 1.93. The lowest BCUT2D eigenvalue weighted by atomic mass is 10.3. The highest BCUT2D eigenvalue weighted by Crippen LogP contribution is 1.99. The minimum Gasteiger partial charge on any atom is -0.467 e. The molecule has 19 heavy (non-hydrogen) atoms. The number of ether oxygens (including phenoxy) is 2. The van der Waals surface area contributed by atoms with E-state index in [4.69, 9.17) is 0 Å². The molecule has 1 atom stereocenters. The molecule has 0 aliphatic heterocycles. The molecule has 0 aromatic carbocycles. The van der Waals surface area contributed by atoms with Crippen LogP contribution in [0.4, 0.5) is 0 Å². The summed E-state index contributed by atoms with van der Waals surface area (Å²) in [6, 6.07) is -1.35. The maximum Gasteiger partial charge on any atom is 0.329 e. The van der Waals surface area contributed by atoms with Gasteiger partial charge in [0.2, 0.25) is 5.91 Å². The Morgan fingerprint density at radius 1 is 1.26 bits per heavy atom. The highest BCUT2D eigenvalue weighted by atomic mass is 32.2. The summed E-state index contributed by atoms with van der Waals surface area (Å²) in [5.74, 6) is -3.97. The van der Waals surface area contributed by atoms with Crippen LogP contribution >= 0.6 is 0 Å². The first-order valence-corrected chi connectivity index (χ1v) is 7.25. The molecule has 1 N–H and O–H groups in total. The number of methoxy groups -OCH3 is 1. The number of amides is 1. The lowest BCUT2D eigenvalue weighted by molar-refractivity contribution is -0.144. The molecule has 8 nitrogen and oxygen atoms in total. The second-order valence-electron chi connectivity index (χ2n) is 3.64. The van der Waals surface area contributed by atoms with Crippen molar-refractivity contribution in [3.8, 4) is 0 Å². The standard InChI is InChI=1S/C10H17NO7S/c1-4-18-9(13)6-19(15,16)5-8(10(14)17-3)11-7(2)12/h8H,4-6H2,1-3H3,(H,11,12). The predicted octanol–water partition coefficient (Wildman–Crippen LogP) is -1.36. The number of hydrogen-bond acceptors (Lipinski definition) is 7. The molecule has 110 valence electrons. The van der Waals surface area contributed by atoms with Crippen molar-refractivity contribution in [2.45, 2.75) is 19.9 Å². The Morgan fingerprint density at radius 3 is 2.26 bits per heavy atom. The van der Waals surface area contributed by atoms with Gasteiger partial charge in [-0.25, -0.2) is 13.2 Å². The average molecular weight is 295 g/mol. The summed E-state index contributed by atoms with van der Waals surface area (Å²) in [5, 5.41) is 2.15. The molecule has 0 aliphatic rings. The fourth-order valence-electron chi connectivity index (χ4n) is 1.25. The zero-order valence-electron chi connectivity index (χ0n) is 11.0. The Bertz CT molecular complexity index is 443. The molecule has 0 rings (SSSR count). The fraction of sp³-hybridized carbons (Fsp3) is 0.700. The van der Waals surface area contributed by atoms with Crippen molar-refractivity contribution < 1.29 is 32.3 Å². The molecule has 1 unspecified atom stereocenters. The zero-order valence-corrected chi connectivity index (χ0v) is 11.8. The van der Waals surface area contributed by atoms with E-state index in [1.165, 1.54) is 0 Å². The fourth-order valence-corrected chi connectivity index (χ4v) is 2.54. The van der Waals surface area contributed by atoms with E-state index in [0.717, 1.165) is 14.0 Å².